The number of alkyl halides is 3. The van der Waals surface area contributed by atoms with E-state index in [0.717, 1.165) is 10.9 Å². The zero-order valence-corrected chi connectivity index (χ0v) is 12.2. The highest BCUT2D eigenvalue weighted by molar-refractivity contribution is 5.98. The number of likely N-dealkylation sites (tertiary alicyclic amines) is 1. The Morgan fingerprint density at radius 1 is 1.27 bits per heavy atom. The highest BCUT2D eigenvalue weighted by atomic mass is 19.4. The molecular weight excluding hydrogens is 293 g/mol. The Labute approximate surface area is 126 Å². The van der Waals surface area contributed by atoms with Gasteiger partial charge in [-0.25, -0.2) is 0 Å². The van der Waals surface area contributed by atoms with Crippen LogP contribution in [0.25, 0.3) is 10.9 Å². The van der Waals surface area contributed by atoms with Crippen LogP contribution in [0.4, 0.5) is 13.2 Å². The van der Waals surface area contributed by atoms with Gasteiger partial charge in [0.2, 0.25) is 0 Å². The van der Waals surface area contributed by atoms with Crippen molar-refractivity contribution in [2.75, 3.05) is 13.1 Å². The molecule has 0 radical (unpaired) electrons. The number of benzene rings is 1. The molecule has 1 aromatic carbocycles. The average Bonchev–Trinajstić information content (AvgIpc) is 2.83. The molecule has 0 N–H and O–H groups in total. The summed E-state index contributed by atoms with van der Waals surface area (Å²) >= 11 is 0. The van der Waals surface area contributed by atoms with Gasteiger partial charge in [-0.1, -0.05) is 18.2 Å². The van der Waals surface area contributed by atoms with Crippen molar-refractivity contribution in [3.8, 4) is 0 Å². The molecule has 118 valence electrons. The maximum absolute atomic E-state index is 12.9. The minimum Gasteiger partial charge on any atom is -0.340 e. The number of carbonyl (C=O) groups excluding carboxylic acids is 1. The van der Waals surface area contributed by atoms with Crippen molar-refractivity contribution in [2.45, 2.75) is 19.0 Å². The van der Waals surface area contributed by atoms with E-state index in [2.05, 4.69) is 0 Å². The second-order valence-corrected chi connectivity index (χ2v) is 5.78. The van der Waals surface area contributed by atoms with E-state index in [1.54, 1.807) is 17.7 Å². The molecule has 1 aliphatic rings. The summed E-state index contributed by atoms with van der Waals surface area (Å²) < 4.78 is 40.4. The number of aromatic nitrogens is 1. The van der Waals surface area contributed by atoms with Gasteiger partial charge in [0.15, 0.2) is 0 Å². The molecule has 3 nitrogen and oxygen atoms in total. The monoisotopic (exact) mass is 310 g/mol. The number of amides is 1. The van der Waals surface area contributed by atoms with Crippen molar-refractivity contribution in [1.29, 1.82) is 0 Å². The van der Waals surface area contributed by atoms with E-state index in [1.807, 2.05) is 24.3 Å². The maximum atomic E-state index is 12.9. The minimum absolute atomic E-state index is 0.0996. The third-order valence-corrected chi connectivity index (χ3v) is 4.34. The summed E-state index contributed by atoms with van der Waals surface area (Å²) in [4.78, 5) is 13.9. The van der Waals surface area contributed by atoms with Crippen LogP contribution >= 0.6 is 0 Å². The Morgan fingerprint density at radius 2 is 2.00 bits per heavy atom. The molecule has 1 amide bonds. The van der Waals surface area contributed by atoms with Gasteiger partial charge < -0.3 is 9.47 Å². The molecule has 0 bridgehead atoms. The summed E-state index contributed by atoms with van der Waals surface area (Å²) in [7, 11) is 1.76. The molecule has 0 unspecified atom stereocenters. The van der Waals surface area contributed by atoms with Crippen molar-refractivity contribution in [1.82, 2.24) is 9.47 Å². The second-order valence-electron chi connectivity index (χ2n) is 5.78. The van der Waals surface area contributed by atoms with Crippen LogP contribution in [-0.2, 0) is 7.05 Å². The Morgan fingerprint density at radius 3 is 2.68 bits per heavy atom. The molecule has 1 atom stereocenters. The molecule has 0 saturated carbocycles. The van der Waals surface area contributed by atoms with Gasteiger partial charge in [-0.15, -0.1) is 0 Å². The number of para-hydroxylation sites is 1. The minimum atomic E-state index is -4.24. The molecule has 3 rings (SSSR count). The summed E-state index contributed by atoms with van der Waals surface area (Å²) in [6.07, 6.45) is -3.75. The van der Waals surface area contributed by atoms with Crippen LogP contribution in [-0.4, -0.2) is 34.6 Å². The molecule has 2 aromatic rings. The third kappa shape index (κ3) is 2.58. The first-order chi connectivity index (χ1) is 10.4. The Kier molecular flexibility index (Phi) is 3.62. The second kappa shape index (κ2) is 5.34. The number of aryl methyl sites for hydroxylation is 1. The van der Waals surface area contributed by atoms with Gasteiger partial charge in [-0.2, -0.15) is 13.2 Å². The van der Waals surface area contributed by atoms with E-state index < -0.39 is 12.1 Å². The molecule has 0 spiro atoms. The van der Waals surface area contributed by atoms with Gasteiger partial charge in [-0.05, 0) is 25.0 Å². The fourth-order valence-electron chi connectivity index (χ4n) is 3.08. The summed E-state index contributed by atoms with van der Waals surface area (Å²) in [5.41, 5.74) is 1.33. The van der Waals surface area contributed by atoms with Gasteiger partial charge in [0, 0.05) is 31.0 Å². The zero-order valence-electron chi connectivity index (χ0n) is 12.2. The van der Waals surface area contributed by atoms with Gasteiger partial charge in [0.1, 0.15) is 5.69 Å². The fraction of sp³-hybridized carbons (Fsp3) is 0.438. The van der Waals surface area contributed by atoms with Gasteiger partial charge >= 0.3 is 6.18 Å². The van der Waals surface area contributed by atoms with E-state index in [1.165, 1.54) is 4.90 Å². The largest absolute Gasteiger partial charge is 0.393 e. The molecule has 1 fully saturated rings. The van der Waals surface area contributed by atoms with Crippen molar-refractivity contribution < 1.29 is 18.0 Å². The highest BCUT2D eigenvalue weighted by Crippen LogP contribution is 2.33. The van der Waals surface area contributed by atoms with Gasteiger partial charge in [0.25, 0.3) is 5.91 Å². The molecule has 2 heterocycles. The summed E-state index contributed by atoms with van der Waals surface area (Å²) in [6, 6.07) is 9.27. The lowest BCUT2D eigenvalue weighted by Crippen LogP contribution is -2.45. The van der Waals surface area contributed by atoms with Crippen molar-refractivity contribution in [3.05, 3.63) is 36.0 Å². The van der Waals surface area contributed by atoms with Crippen LogP contribution in [0.15, 0.2) is 30.3 Å². The number of carbonyl (C=O) groups is 1. The first kappa shape index (κ1) is 14.9. The predicted octanol–water partition coefficient (Wildman–Crippen LogP) is 3.59. The molecular formula is C16H17F3N2O. The molecule has 1 aliphatic heterocycles. The maximum Gasteiger partial charge on any atom is 0.393 e. The van der Waals surface area contributed by atoms with E-state index in [4.69, 9.17) is 0 Å². The van der Waals surface area contributed by atoms with Gasteiger partial charge in [0.05, 0.1) is 5.92 Å². The molecule has 1 aromatic heterocycles. The van der Waals surface area contributed by atoms with Crippen LogP contribution in [0.2, 0.25) is 0 Å². The average molecular weight is 310 g/mol. The lowest BCUT2D eigenvalue weighted by atomic mass is 9.97. The van der Waals surface area contributed by atoms with Crippen LogP contribution in [0.5, 0.6) is 0 Å². The number of nitrogens with zero attached hydrogens (tertiary/aromatic N) is 2. The first-order valence-electron chi connectivity index (χ1n) is 7.28. The summed E-state index contributed by atoms with van der Waals surface area (Å²) in [5, 5.41) is 0.915. The van der Waals surface area contributed by atoms with E-state index >= 15 is 0 Å². The fourth-order valence-corrected chi connectivity index (χ4v) is 3.08. The molecule has 6 heteroatoms. The lowest BCUT2D eigenvalue weighted by molar-refractivity contribution is -0.184. The SMILES string of the molecule is Cn1c(C(=O)N2CCC[C@@H](C(F)(F)F)C2)cc2ccccc21. The first-order valence-corrected chi connectivity index (χ1v) is 7.28. The van der Waals surface area contributed by atoms with E-state index in [0.29, 0.717) is 18.7 Å². The highest BCUT2D eigenvalue weighted by Gasteiger charge is 2.43. The molecule has 22 heavy (non-hydrogen) atoms. The zero-order chi connectivity index (χ0) is 15.9. The summed E-state index contributed by atoms with van der Waals surface area (Å²) in [6.45, 7) is 0.136. The number of piperidine rings is 1. The predicted molar refractivity (Wildman–Crippen MR) is 77.6 cm³/mol. The number of fused-ring (bicyclic) bond motifs is 1. The van der Waals surface area contributed by atoms with Crippen molar-refractivity contribution in [2.24, 2.45) is 13.0 Å². The van der Waals surface area contributed by atoms with E-state index in [9.17, 15) is 18.0 Å². The quantitative estimate of drug-likeness (QED) is 0.790. The van der Waals surface area contributed by atoms with Crippen molar-refractivity contribution >= 4 is 16.8 Å². The van der Waals surface area contributed by atoms with Crippen LogP contribution < -0.4 is 0 Å². The van der Waals surface area contributed by atoms with E-state index in [-0.39, 0.29) is 18.9 Å². The van der Waals surface area contributed by atoms with Gasteiger partial charge in [-0.3, -0.25) is 4.79 Å². The molecule has 1 saturated heterocycles. The Hall–Kier alpha value is -1.98. The Bertz CT molecular complexity index is 705. The topological polar surface area (TPSA) is 25.2 Å². The number of hydrogen-bond acceptors (Lipinski definition) is 1. The third-order valence-electron chi connectivity index (χ3n) is 4.34. The van der Waals surface area contributed by atoms with Crippen LogP contribution in [0.1, 0.15) is 23.3 Å². The van der Waals surface area contributed by atoms with Crippen LogP contribution in [0.3, 0.4) is 0 Å². The lowest BCUT2D eigenvalue weighted by Gasteiger charge is -2.33. The van der Waals surface area contributed by atoms with Crippen molar-refractivity contribution in [3.63, 3.8) is 0 Å². The number of rotatable bonds is 1. The summed E-state index contributed by atoms with van der Waals surface area (Å²) in [5.74, 6) is -1.74. The molecule has 0 aliphatic carbocycles. The van der Waals surface area contributed by atoms with Crippen LogP contribution in [0, 0.1) is 5.92 Å². The Balaban J connectivity index is 1.88. The normalized spacial score (nSPS) is 19.6. The number of halogens is 3. The smallest absolute Gasteiger partial charge is 0.340 e. The number of hydrogen-bond donors (Lipinski definition) is 0. The standard InChI is InChI=1S/C16H17F3N2O/c1-20-13-7-3-2-5-11(13)9-14(20)15(22)21-8-4-6-12(10-21)16(17,18)19/h2-3,5,7,9,12H,4,6,8,10H2,1H3/t12-/m1/s1.